The molecule has 0 amide bonds. The fraction of sp³-hybridized carbons (Fsp3) is 0.333. The molecular weight excluding hydrogens is 188 g/mol. The van der Waals surface area contributed by atoms with Crippen LogP contribution in [0.2, 0.25) is 0 Å². The van der Waals surface area contributed by atoms with Crippen LogP contribution in [0.25, 0.3) is 11.0 Å². The van der Waals surface area contributed by atoms with Crippen molar-refractivity contribution in [2.24, 2.45) is 0 Å². The van der Waals surface area contributed by atoms with E-state index in [-0.39, 0.29) is 5.54 Å². The van der Waals surface area contributed by atoms with E-state index in [1.165, 1.54) is 0 Å². The highest BCUT2D eigenvalue weighted by molar-refractivity contribution is 5.83. The summed E-state index contributed by atoms with van der Waals surface area (Å²) in [4.78, 5) is 15.3. The van der Waals surface area contributed by atoms with Crippen LogP contribution in [0, 0.1) is 0 Å². The molecule has 78 valence electrons. The van der Waals surface area contributed by atoms with E-state index in [2.05, 4.69) is 25.8 Å². The number of aldehydes is 1. The lowest BCUT2D eigenvalue weighted by atomic mass is 10.1. The van der Waals surface area contributed by atoms with Gasteiger partial charge in [0.1, 0.15) is 0 Å². The van der Waals surface area contributed by atoms with Gasteiger partial charge in [0.2, 0.25) is 0 Å². The van der Waals surface area contributed by atoms with Gasteiger partial charge in [-0.3, -0.25) is 4.79 Å². The van der Waals surface area contributed by atoms with Crippen molar-refractivity contribution < 1.29 is 4.79 Å². The van der Waals surface area contributed by atoms with Gasteiger partial charge in [-0.2, -0.15) is 0 Å². The number of hydrogen-bond donors (Lipinski definition) is 0. The molecule has 0 saturated carbocycles. The number of aromatic nitrogens is 2. The van der Waals surface area contributed by atoms with Crippen LogP contribution >= 0.6 is 0 Å². The van der Waals surface area contributed by atoms with Crippen LogP contribution in [0.4, 0.5) is 0 Å². The molecule has 1 aromatic carbocycles. The minimum absolute atomic E-state index is 0.133. The molecule has 0 bridgehead atoms. The Morgan fingerprint density at radius 2 is 1.93 bits per heavy atom. The number of rotatable bonds is 1. The van der Waals surface area contributed by atoms with Gasteiger partial charge in [0.15, 0.2) is 12.1 Å². The Morgan fingerprint density at radius 3 is 2.53 bits per heavy atom. The van der Waals surface area contributed by atoms with Crippen molar-refractivity contribution in [3.63, 3.8) is 0 Å². The molecule has 2 aromatic rings. The standard InChI is InChI=1S/C12H14N2O/c1-12(2,3)14-10-7-5-4-6-9(10)13-11(14)8-15/h4-8H,1-3H3. The minimum Gasteiger partial charge on any atom is -0.316 e. The number of carbonyl (C=O) groups is 1. The SMILES string of the molecule is CC(C)(C)n1c(C=O)nc2ccccc21. The molecule has 2 rings (SSSR count). The van der Waals surface area contributed by atoms with Crippen LogP contribution in [-0.2, 0) is 5.54 Å². The molecule has 0 atom stereocenters. The lowest BCUT2D eigenvalue weighted by molar-refractivity contribution is 0.110. The van der Waals surface area contributed by atoms with E-state index in [4.69, 9.17) is 0 Å². The molecule has 0 aliphatic carbocycles. The lowest BCUT2D eigenvalue weighted by Crippen LogP contribution is -2.23. The largest absolute Gasteiger partial charge is 0.316 e. The number of imidazole rings is 1. The van der Waals surface area contributed by atoms with Crippen LogP contribution in [0.3, 0.4) is 0 Å². The van der Waals surface area contributed by atoms with Gasteiger partial charge >= 0.3 is 0 Å². The van der Waals surface area contributed by atoms with Gasteiger partial charge in [-0.05, 0) is 32.9 Å². The summed E-state index contributed by atoms with van der Waals surface area (Å²) in [6.07, 6.45) is 0.811. The average molecular weight is 202 g/mol. The molecule has 3 heteroatoms. The van der Waals surface area contributed by atoms with Crippen molar-refractivity contribution >= 4 is 17.3 Å². The van der Waals surface area contributed by atoms with E-state index < -0.39 is 0 Å². The first kappa shape index (κ1) is 9.90. The van der Waals surface area contributed by atoms with E-state index in [9.17, 15) is 4.79 Å². The lowest BCUT2D eigenvalue weighted by Gasteiger charge is -2.23. The van der Waals surface area contributed by atoms with Gasteiger partial charge in [-0.1, -0.05) is 12.1 Å². The Morgan fingerprint density at radius 1 is 1.27 bits per heavy atom. The fourth-order valence-electron chi connectivity index (χ4n) is 1.83. The summed E-state index contributed by atoms with van der Waals surface area (Å²) in [6, 6.07) is 7.79. The van der Waals surface area contributed by atoms with Crippen LogP contribution in [0.5, 0.6) is 0 Å². The third-order valence-electron chi connectivity index (χ3n) is 2.36. The Labute approximate surface area is 88.7 Å². The second-order valence-electron chi connectivity index (χ2n) is 4.58. The van der Waals surface area contributed by atoms with Gasteiger partial charge < -0.3 is 4.57 Å². The van der Waals surface area contributed by atoms with Crippen molar-refractivity contribution in [1.29, 1.82) is 0 Å². The molecule has 0 saturated heterocycles. The first-order valence-electron chi connectivity index (χ1n) is 4.97. The van der Waals surface area contributed by atoms with Crippen molar-refractivity contribution in [1.82, 2.24) is 9.55 Å². The summed E-state index contributed by atoms with van der Waals surface area (Å²) in [5.41, 5.74) is 1.74. The van der Waals surface area contributed by atoms with Crippen molar-refractivity contribution in [3.8, 4) is 0 Å². The van der Waals surface area contributed by atoms with E-state index >= 15 is 0 Å². The van der Waals surface area contributed by atoms with Crippen molar-refractivity contribution in [2.45, 2.75) is 26.3 Å². The molecule has 15 heavy (non-hydrogen) atoms. The number of para-hydroxylation sites is 2. The molecule has 0 aliphatic heterocycles. The second kappa shape index (κ2) is 3.19. The molecule has 0 spiro atoms. The minimum atomic E-state index is -0.133. The third kappa shape index (κ3) is 1.54. The van der Waals surface area contributed by atoms with Crippen LogP contribution in [-0.4, -0.2) is 15.8 Å². The Balaban J connectivity index is 2.84. The van der Waals surface area contributed by atoms with Gasteiger partial charge in [0.25, 0.3) is 0 Å². The van der Waals surface area contributed by atoms with Crippen molar-refractivity contribution in [2.75, 3.05) is 0 Å². The summed E-state index contributed by atoms with van der Waals surface area (Å²) in [6.45, 7) is 6.19. The molecular formula is C12H14N2O. The van der Waals surface area contributed by atoms with E-state index in [1.54, 1.807) is 0 Å². The van der Waals surface area contributed by atoms with E-state index in [0.717, 1.165) is 17.3 Å². The molecule has 1 aromatic heterocycles. The van der Waals surface area contributed by atoms with Gasteiger partial charge in [0.05, 0.1) is 11.0 Å². The molecule has 0 radical (unpaired) electrons. The molecule has 0 unspecified atom stereocenters. The predicted molar refractivity (Wildman–Crippen MR) is 60.1 cm³/mol. The maximum Gasteiger partial charge on any atom is 0.185 e. The Kier molecular flexibility index (Phi) is 2.11. The topological polar surface area (TPSA) is 34.9 Å². The van der Waals surface area contributed by atoms with Crippen molar-refractivity contribution in [3.05, 3.63) is 30.1 Å². The number of nitrogens with zero attached hydrogens (tertiary/aromatic N) is 2. The maximum atomic E-state index is 11.0. The number of hydrogen-bond acceptors (Lipinski definition) is 2. The quantitative estimate of drug-likeness (QED) is 0.666. The zero-order valence-corrected chi connectivity index (χ0v) is 9.19. The predicted octanol–water partition coefficient (Wildman–Crippen LogP) is 2.60. The highest BCUT2D eigenvalue weighted by Crippen LogP contribution is 2.23. The van der Waals surface area contributed by atoms with Gasteiger partial charge in [-0.15, -0.1) is 0 Å². The molecule has 0 fully saturated rings. The smallest absolute Gasteiger partial charge is 0.185 e. The summed E-state index contributed by atoms with van der Waals surface area (Å²) >= 11 is 0. The Hall–Kier alpha value is -1.64. The third-order valence-corrected chi connectivity index (χ3v) is 2.36. The van der Waals surface area contributed by atoms with Crippen LogP contribution < -0.4 is 0 Å². The summed E-state index contributed by atoms with van der Waals surface area (Å²) < 4.78 is 1.97. The normalized spacial score (nSPS) is 11.9. The first-order chi connectivity index (χ1) is 7.04. The highest BCUT2D eigenvalue weighted by atomic mass is 16.1. The number of benzene rings is 1. The summed E-state index contributed by atoms with van der Waals surface area (Å²) in [7, 11) is 0. The molecule has 0 N–H and O–H groups in total. The Bertz CT molecular complexity index is 506. The highest BCUT2D eigenvalue weighted by Gasteiger charge is 2.20. The van der Waals surface area contributed by atoms with E-state index in [1.807, 2.05) is 28.8 Å². The number of carbonyl (C=O) groups excluding carboxylic acids is 1. The average Bonchev–Trinajstić information content (AvgIpc) is 2.54. The molecule has 1 heterocycles. The maximum absolute atomic E-state index is 11.0. The summed E-state index contributed by atoms with van der Waals surface area (Å²) in [5.74, 6) is 0.490. The van der Waals surface area contributed by atoms with Crippen LogP contribution in [0.1, 0.15) is 31.4 Å². The molecule has 0 aliphatic rings. The summed E-state index contributed by atoms with van der Waals surface area (Å²) in [5, 5.41) is 0. The van der Waals surface area contributed by atoms with Gasteiger partial charge in [-0.25, -0.2) is 4.98 Å². The molecule has 3 nitrogen and oxygen atoms in total. The monoisotopic (exact) mass is 202 g/mol. The zero-order valence-electron chi connectivity index (χ0n) is 9.19. The fourth-order valence-corrected chi connectivity index (χ4v) is 1.83. The zero-order chi connectivity index (χ0) is 11.1. The van der Waals surface area contributed by atoms with Gasteiger partial charge in [0, 0.05) is 5.54 Å². The first-order valence-corrected chi connectivity index (χ1v) is 4.97. The van der Waals surface area contributed by atoms with Crippen LogP contribution in [0.15, 0.2) is 24.3 Å². The van der Waals surface area contributed by atoms with E-state index in [0.29, 0.717) is 5.82 Å². The second-order valence-corrected chi connectivity index (χ2v) is 4.58. The number of fused-ring (bicyclic) bond motifs is 1.